The van der Waals surface area contributed by atoms with Crippen molar-refractivity contribution in [3.05, 3.63) is 24.0 Å². The van der Waals surface area contributed by atoms with Crippen molar-refractivity contribution < 1.29 is 13.9 Å². The van der Waals surface area contributed by atoms with E-state index in [1.165, 1.54) is 56.9 Å². The largest absolute Gasteiger partial charge is 0.772 e. The molecule has 238 valence electrons. The quantitative estimate of drug-likeness (QED) is 0.246. The van der Waals surface area contributed by atoms with E-state index in [1.807, 2.05) is 0 Å². The predicted molar refractivity (Wildman–Crippen MR) is 172 cm³/mol. The SMILES string of the molecule is C=C(C)[C@@H]1CC[C@]2(NCCN3CCC(S(=O)[O-])CC3)CC[C@]3(C)[C@H](CC[C@@H]4[C@@]5(C)CC=C(O)C(C)(C)[C@@H]5CC[C@]43C)[C@@H]12. The zero-order chi connectivity index (χ0) is 30.3. The van der Waals surface area contributed by atoms with Gasteiger partial charge < -0.3 is 19.9 Å². The Kier molecular flexibility index (Phi) is 7.97. The van der Waals surface area contributed by atoms with Crippen LogP contribution in [0.3, 0.4) is 0 Å². The third kappa shape index (κ3) is 4.49. The third-order valence-corrected chi connectivity index (χ3v) is 16.3. The molecule has 6 heteroatoms. The molecule has 0 amide bonds. The number of nitrogens with zero attached hydrogens (tertiary/aromatic N) is 1. The lowest BCUT2D eigenvalue weighted by Crippen LogP contribution is -2.68. The minimum Gasteiger partial charge on any atom is -0.772 e. The van der Waals surface area contributed by atoms with Gasteiger partial charge in [-0.05, 0) is 143 Å². The standard InChI is InChI=1S/C36H60N2O3S/c1-24(2)26-10-17-36(37-20-23-38-21-13-25(14-22-38)42(40)41)19-18-34(6)27(31(26)36)8-9-29-33(5)15-12-30(39)32(3,4)28(33)11-16-35(29,34)7/h12,25-29,31,37,39H,1,8-11,13-23H2,2-7H3,(H,40,41)/p-1/t26-,27+,28-,29+,31+,33-,34+,35+,36-/m0/s1. The van der Waals surface area contributed by atoms with Crippen LogP contribution in [0, 0.1) is 51.2 Å². The average Bonchev–Trinajstić information content (AvgIpc) is 3.32. The van der Waals surface area contributed by atoms with Crippen LogP contribution in [0.25, 0.3) is 0 Å². The van der Waals surface area contributed by atoms with E-state index >= 15 is 0 Å². The van der Waals surface area contributed by atoms with Crippen molar-refractivity contribution in [3.63, 3.8) is 0 Å². The van der Waals surface area contributed by atoms with Gasteiger partial charge in [0.1, 0.15) is 0 Å². The molecule has 1 aliphatic heterocycles. The van der Waals surface area contributed by atoms with Gasteiger partial charge >= 0.3 is 0 Å². The van der Waals surface area contributed by atoms with Gasteiger partial charge in [-0.2, -0.15) is 0 Å². The Morgan fingerprint density at radius 1 is 1.00 bits per heavy atom. The summed E-state index contributed by atoms with van der Waals surface area (Å²) in [7, 11) is 0. The normalized spacial score (nSPS) is 47.9. The number of aliphatic hydroxyl groups excluding tert-OH is 1. The van der Waals surface area contributed by atoms with Crippen LogP contribution in [0.2, 0.25) is 0 Å². The molecule has 4 saturated carbocycles. The third-order valence-electron chi connectivity index (χ3n) is 15.3. The first kappa shape index (κ1) is 31.3. The number of likely N-dealkylation sites (tertiary alicyclic amines) is 1. The maximum Gasteiger partial charge on any atom is 0.0942 e. The molecule has 10 atom stereocenters. The number of piperidine rings is 1. The molecule has 1 unspecified atom stereocenters. The lowest BCUT2D eigenvalue weighted by Gasteiger charge is -2.72. The van der Waals surface area contributed by atoms with Gasteiger partial charge in [0.25, 0.3) is 0 Å². The second-order valence-electron chi connectivity index (χ2n) is 17.1. The second kappa shape index (κ2) is 10.7. The Balaban J connectivity index is 1.23. The van der Waals surface area contributed by atoms with E-state index in [0.717, 1.165) is 45.4 Å². The van der Waals surface area contributed by atoms with Gasteiger partial charge in [-0.3, -0.25) is 4.21 Å². The van der Waals surface area contributed by atoms with Crippen LogP contribution in [-0.4, -0.2) is 55.7 Å². The zero-order valence-corrected chi connectivity index (χ0v) is 28.3. The van der Waals surface area contributed by atoms with Crippen LogP contribution in [0.15, 0.2) is 24.0 Å². The van der Waals surface area contributed by atoms with Crippen LogP contribution in [0.5, 0.6) is 0 Å². The summed E-state index contributed by atoms with van der Waals surface area (Å²) < 4.78 is 22.8. The fraction of sp³-hybridized carbons (Fsp3) is 0.889. The van der Waals surface area contributed by atoms with Crippen molar-refractivity contribution in [1.82, 2.24) is 10.2 Å². The molecule has 0 aromatic carbocycles. The van der Waals surface area contributed by atoms with E-state index in [-0.39, 0.29) is 21.6 Å². The van der Waals surface area contributed by atoms with Crippen molar-refractivity contribution in [1.29, 1.82) is 0 Å². The van der Waals surface area contributed by atoms with Crippen LogP contribution in [0.4, 0.5) is 0 Å². The first-order valence-corrected chi connectivity index (χ1v) is 18.4. The Hall–Kier alpha value is -0.690. The number of rotatable bonds is 6. The predicted octanol–water partition coefficient (Wildman–Crippen LogP) is 7.38. The van der Waals surface area contributed by atoms with E-state index in [9.17, 15) is 13.9 Å². The molecule has 5 fully saturated rings. The highest BCUT2D eigenvalue weighted by molar-refractivity contribution is 7.79. The van der Waals surface area contributed by atoms with E-state index in [1.54, 1.807) is 0 Å². The lowest BCUT2D eigenvalue weighted by molar-refractivity contribution is -0.223. The number of hydrogen-bond donors (Lipinski definition) is 2. The molecule has 0 spiro atoms. The molecule has 0 bridgehead atoms. The second-order valence-corrected chi connectivity index (χ2v) is 18.3. The highest BCUT2D eigenvalue weighted by atomic mass is 32.2. The van der Waals surface area contributed by atoms with Crippen LogP contribution in [0.1, 0.15) is 112 Å². The zero-order valence-electron chi connectivity index (χ0n) is 27.5. The van der Waals surface area contributed by atoms with Gasteiger partial charge in [0.2, 0.25) is 0 Å². The molecule has 2 N–H and O–H groups in total. The van der Waals surface area contributed by atoms with Crippen molar-refractivity contribution in [2.24, 2.45) is 51.2 Å². The van der Waals surface area contributed by atoms with E-state index in [0.29, 0.717) is 46.2 Å². The van der Waals surface area contributed by atoms with Crippen LogP contribution < -0.4 is 5.32 Å². The first-order valence-electron chi connectivity index (χ1n) is 17.3. The van der Waals surface area contributed by atoms with Gasteiger partial charge in [0, 0.05) is 29.3 Å². The van der Waals surface area contributed by atoms with Crippen LogP contribution >= 0.6 is 0 Å². The maximum absolute atomic E-state index is 11.4. The smallest absolute Gasteiger partial charge is 0.0942 e. The summed E-state index contributed by atoms with van der Waals surface area (Å²) >= 11 is -1.93. The Morgan fingerprint density at radius 2 is 1.71 bits per heavy atom. The van der Waals surface area contributed by atoms with E-state index in [4.69, 9.17) is 0 Å². The van der Waals surface area contributed by atoms with Gasteiger partial charge in [-0.15, -0.1) is 0 Å². The molecular weight excluding hydrogens is 540 g/mol. The minimum absolute atomic E-state index is 0.129. The van der Waals surface area contributed by atoms with Gasteiger partial charge in [-0.1, -0.05) is 57.9 Å². The molecule has 0 radical (unpaired) electrons. The summed E-state index contributed by atoms with van der Waals surface area (Å²) in [6.07, 6.45) is 15.0. The fourth-order valence-electron chi connectivity index (χ4n) is 12.8. The highest BCUT2D eigenvalue weighted by Crippen LogP contribution is 2.76. The number of fused-ring (bicyclic) bond motifs is 7. The summed E-state index contributed by atoms with van der Waals surface area (Å²) in [4.78, 5) is 2.48. The maximum atomic E-state index is 11.4. The minimum atomic E-state index is -1.93. The Labute approximate surface area is 259 Å². The van der Waals surface area contributed by atoms with Gasteiger partial charge in [0.15, 0.2) is 0 Å². The number of aliphatic hydroxyl groups is 1. The summed E-state index contributed by atoms with van der Waals surface area (Å²) in [6, 6.07) is 0. The molecule has 1 heterocycles. The fourth-order valence-corrected chi connectivity index (χ4v) is 13.4. The summed E-state index contributed by atoms with van der Waals surface area (Å²) in [5.41, 5.74) is 2.35. The average molecular weight is 600 g/mol. The molecule has 42 heavy (non-hydrogen) atoms. The monoisotopic (exact) mass is 599 g/mol. The van der Waals surface area contributed by atoms with Crippen molar-refractivity contribution in [2.45, 2.75) is 123 Å². The molecule has 0 aromatic rings. The van der Waals surface area contributed by atoms with E-state index in [2.05, 4.69) is 64.4 Å². The first-order chi connectivity index (χ1) is 19.7. The molecule has 5 nitrogen and oxygen atoms in total. The Bertz CT molecular complexity index is 1130. The molecule has 6 aliphatic rings. The van der Waals surface area contributed by atoms with Crippen molar-refractivity contribution in [3.8, 4) is 0 Å². The van der Waals surface area contributed by atoms with Crippen molar-refractivity contribution >= 4 is 11.1 Å². The van der Waals surface area contributed by atoms with E-state index < -0.39 is 11.1 Å². The highest BCUT2D eigenvalue weighted by Gasteiger charge is 2.70. The molecule has 5 aliphatic carbocycles. The van der Waals surface area contributed by atoms with Gasteiger partial charge in [0.05, 0.1) is 5.76 Å². The van der Waals surface area contributed by atoms with Gasteiger partial charge in [-0.25, -0.2) is 0 Å². The Morgan fingerprint density at radius 3 is 2.38 bits per heavy atom. The topological polar surface area (TPSA) is 75.6 Å². The number of nitrogens with one attached hydrogen (secondary N) is 1. The molecule has 1 saturated heterocycles. The molecule has 0 aromatic heterocycles. The molecular formula is C36H59N2O3S-. The van der Waals surface area contributed by atoms with Crippen LogP contribution in [-0.2, 0) is 11.1 Å². The summed E-state index contributed by atoms with van der Waals surface area (Å²) in [5, 5.41) is 15.0. The molecule has 6 rings (SSSR count). The summed E-state index contributed by atoms with van der Waals surface area (Å²) in [5.74, 6) is 3.84. The number of allylic oxidation sites excluding steroid dienone is 3. The number of hydrogen-bond acceptors (Lipinski definition) is 5. The lowest BCUT2D eigenvalue weighted by atomic mass is 9.33. The summed E-state index contributed by atoms with van der Waals surface area (Å²) in [6.45, 7) is 23.2. The van der Waals surface area contributed by atoms with Crippen molar-refractivity contribution in [2.75, 3.05) is 26.2 Å².